The van der Waals surface area contributed by atoms with Crippen molar-refractivity contribution in [1.82, 2.24) is 4.98 Å². The second-order valence-electron chi connectivity index (χ2n) is 2.63. The molecule has 0 spiro atoms. The van der Waals surface area contributed by atoms with E-state index in [-0.39, 0.29) is 5.84 Å². The number of hydrogen-bond donors (Lipinski definition) is 1. The second-order valence-corrected chi connectivity index (χ2v) is 3.52. The Morgan fingerprint density at radius 1 is 1.69 bits per heavy atom. The van der Waals surface area contributed by atoms with Crippen LogP contribution in [0.2, 0.25) is 0 Å². The van der Waals surface area contributed by atoms with E-state index in [9.17, 15) is 4.79 Å². The van der Waals surface area contributed by atoms with Crippen LogP contribution < -0.4 is 5.73 Å². The summed E-state index contributed by atoms with van der Waals surface area (Å²) < 4.78 is 4.85. The molecule has 13 heavy (non-hydrogen) atoms. The first kappa shape index (κ1) is 8.18. The number of aryl methyl sites for hydroxylation is 1. The Bertz CT molecular complexity index is 385. The second kappa shape index (κ2) is 2.81. The molecular formula is C7H7N3O2S. The fourth-order valence-electron chi connectivity index (χ4n) is 1.02. The summed E-state index contributed by atoms with van der Waals surface area (Å²) in [6.45, 7) is 1.87. The molecule has 0 saturated heterocycles. The number of aromatic nitrogens is 1. The lowest BCUT2D eigenvalue weighted by Crippen LogP contribution is -2.18. The van der Waals surface area contributed by atoms with Crippen LogP contribution in [0.4, 0.5) is 4.79 Å². The van der Waals surface area contributed by atoms with Crippen molar-refractivity contribution in [3.63, 3.8) is 0 Å². The summed E-state index contributed by atoms with van der Waals surface area (Å²) in [4.78, 5) is 18.3. The zero-order valence-corrected chi connectivity index (χ0v) is 7.67. The number of thiazole rings is 1. The first-order valence-corrected chi connectivity index (χ1v) is 4.51. The van der Waals surface area contributed by atoms with Crippen molar-refractivity contribution < 1.29 is 9.53 Å². The number of amides is 1. The number of nitrogens with two attached hydrogens (primary N) is 1. The minimum atomic E-state index is -0.643. The Morgan fingerprint density at radius 3 is 2.92 bits per heavy atom. The van der Waals surface area contributed by atoms with Crippen LogP contribution in [-0.4, -0.2) is 16.9 Å². The van der Waals surface area contributed by atoms with Crippen LogP contribution in [0.5, 0.6) is 0 Å². The molecule has 68 valence electrons. The van der Waals surface area contributed by atoms with Gasteiger partial charge in [0.25, 0.3) is 0 Å². The normalized spacial score (nSPS) is 21.5. The maximum Gasteiger partial charge on any atom is 0.436 e. The largest absolute Gasteiger partial charge is 0.436 e. The first-order valence-electron chi connectivity index (χ1n) is 3.63. The molecule has 0 aliphatic carbocycles. The van der Waals surface area contributed by atoms with Gasteiger partial charge in [-0.25, -0.2) is 9.78 Å². The fraction of sp³-hybridized carbons (Fsp3) is 0.286. The molecule has 1 aliphatic heterocycles. The Kier molecular flexibility index (Phi) is 1.77. The number of cyclic esters (lactones) is 1. The first-order chi connectivity index (χ1) is 6.16. The van der Waals surface area contributed by atoms with Gasteiger partial charge in [0.1, 0.15) is 5.01 Å². The quantitative estimate of drug-likeness (QED) is 0.728. The molecule has 2 rings (SSSR count). The van der Waals surface area contributed by atoms with Crippen molar-refractivity contribution in [1.29, 1.82) is 0 Å². The van der Waals surface area contributed by atoms with E-state index in [1.54, 1.807) is 0 Å². The summed E-state index contributed by atoms with van der Waals surface area (Å²) in [7, 11) is 0. The smallest absolute Gasteiger partial charge is 0.429 e. The van der Waals surface area contributed by atoms with E-state index in [2.05, 4.69) is 9.98 Å². The molecule has 0 fully saturated rings. The van der Waals surface area contributed by atoms with Gasteiger partial charge in [0.15, 0.2) is 5.84 Å². The van der Waals surface area contributed by atoms with E-state index in [0.29, 0.717) is 5.01 Å². The molecule has 1 aromatic heterocycles. The Balaban J connectivity index is 2.29. The summed E-state index contributed by atoms with van der Waals surface area (Å²) in [5, 5.41) is 2.54. The van der Waals surface area contributed by atoms with Gasteiger partial charge in [-0.1, -0.05) is 0 Å². The lowest BCUT2D eigenvalue weighted by molar-refractivity contribution is 0.149. The molecule has 1 amide bonds. The van der Waals surface area contributed by atoms with Gasteiger partial charge >= 0.3 is 6.09 Å². The summed E-state index contributed by atoms with van der Waals surface area (Å²) in [5.74, 6) is 0.180. The van der Waals surface area contributed by atoms with Gasteiger partial charge in [0, 0.05) is 11.1 Å². The summed E-state index contributed by atoms with van der Waals surface area (Å²) in [6, 6.07) is 0. The van der Waals surface area contributed by atoms with E-state index in [4.69, 9.17) is 10.5 Å². The van der Waals surface area contributed by atoms with Gasteiger partial charge in [0.2, 0.25) is 6.10 Å². The summed E-state index contributed by atoms with van der Waals surface area (Å²) in [5.41, 5.74) is 6.37. The average Bonchev–Trinajstić information content (AvgIpc) is 2.58. The average molecular weight is 197 g/mol. The van der Waals surface area contributed by atoms with Crippen LogP contribution in [0.1, 0.15) is 16.8 Å². The van der Waals surface area contributed by atoms with Crippen LogP contribution >= 0.6 is 11.3 Å². The highest BCUT2D eigenvalue weighted by Gasteiger charge is 2.29. The lowest BCUT2D eigenvalue weighted by Gasteiger charge is -2.04. The van der Waals surface area contributed by atoms with E-state index in [1.165, 1.54) is 11.3 Å². The molecule has 0 radical (unpaired) electrons. The van der Waals surface area contributed by atoms with E-state index in [0.717, 1.165) is 5.69 Å². The van der Waals surface area contributed by atoms with Crippen LogP contribution in [0.15, 0.2) is 10.4 Å². The Morgan fingerprint density at radius 2 is 2.46 bits per heavy atom. The monoisotopic (exact) mass is 197 g/mol. The molecule has 5 nitrogen and oxygen atoms in total. The highest BCUT2D eigenvalue weighted by molar-refractivity contribution is 7.09. The maximum absolute atomic E-state index is 10.7. The molecule has 1 aromatic rings. The number of amidine groups is 1. The number of carbonyl (C=O) groups is 1. The predicted octanol–water partition coefficient (Wildman–Crippen LogP) is 1.00. The minimum absolute atomic E-state index is 0.180. The van der Waals surface area contributed by atoms with Crippen LogP contribution in [0.3, 0.4) is 0 Å². The standard InChI is InChI=1S/C7H7N3O2S/c1-3-2-13-6(9-3)4-5(8)10-7(11)12-4/h2,4H,1H3,(H2,8,10,11). The topological polar surface area (TPSA) is 77.6 Å². The number of nitrogens with zero attached hydrogens (tertiary/aromatic N) is 2. The number of ether oxygens (including phenoxy) is 1. The van der Waals surface area contributed by atoms with Crippen molar-refractivity contribution in [2.24, 2.45) is 10.7 Å². The molecule has 1 unspecified atom stereocenters. The third-order valence-corrected chi connectivity index (χ3v) is 2.57. The molecular weight excluding hydrogens is 190 g/mol. The lowest BCUT2D eigenvalue weighted by atomic mass is 10.3. The van der Waals surface area contributed by atoms with Crippen molar-refractivity contribution in [3.8, 4) is 0 Å². The van der Waals surface area contributed by atoms with Gasteiger partial charge < -0.3 is 10.5 Å². The minimum Gasteiger partial charge on any atom is -0.429 e. The van der Waals surface area contributed by atoms with Crippen LogP contribution in [0.25, 0.3) is 0 Å². The third kappa shape index (κ3) is 1.40. The van der Waals surface area contributed by atoms with E-state index >= 15 is 0 Å². The fourth-order valence-corrected chi connectivity index (χ4v) is 1.85. The van der Waals surface area contributed by atoms with Crippen molar-refractivity contribution in [2.75, 3.05) is 0 Å². The van der Waals surface area contributed by atoms with Crippen LogP contribution in [0, 0.1) is 6.92 Å². The Labute approximate surface area is 78.3 Å². The molecule has 2 heterocycles. The summed E-state index contributed by atoms with van der Waals surface area (Å²) >= 11 is 1.40. The Hall–Kier alpha value is -1.43. The zero-order valence-electron chi connectivity index (χ0n) is 6.85. The predicted molar refractivity (Wildman–Crippen MR) is 47.7 cm³/mol. The zero-order chi connectivity index (χ0) is 9.42. The highest BCUT2D eigenvalue weighted by atomic mass is 32.1. The van der Waals surface area contributed by atoms with Crippen molar-refractivity contribution in [3.05, 3.63) is 16.1 Å². The van der Waals surface area contributed by atoms with E-state index < -0.39 is 12.2 Å². The third-order valence-electron chi connectivity index (χ3n) is 1.57. The van der Waals surface area contributed by atoms with Gasteiger partial charge in [-0.3, -0.25) is 0 Å². The molecule has 0 aromatic carbocycles. The number of rotatable bonds is 1. The molecule has 6 heteroatoms. The van der Waals surface area contributed by atoms with Gasteiger partial charge in [0.05, 0.1) is 0 Å². The highest BCUT2D eigenvalue weighted by Crippen LogP contribution is 2.25. The molecule has 0 bridgehead atoms. The van der Waals surface area contributed by atoms with Gasteiger partial charge in [-0.05, 0) is 6.92 Å². The van der Waals surface area contributed by atoms with E-state index in [1.807, 2.05) is 12.3 Å². The SMILES string of the molecule is Cc1csc(C2OC(=O)N=C2N)n1. The molecule has 0 saturated carbocycles. The molecule has 1 aliphatic rings. The van der Waals surface area contributed by atoms with Gasteiger partial charge in [-0.15, -0.1) is 11.3 Å². The number of carbonyl (C=O) groups excluding carboxylic acids is 1. The maximum atomic E-state index is 10.7. The summed E-state index contributed by atoms with van der Waals surface area (Å²) in [6.07, 6.45) is -1.22. The molecule has 1 atom stereocenters. The number of aliphatic imine (C=N–C) groups is 1. The van der Waals surface area contributed by atoms with Crippen LogP contribution in [-0.2, 0) is 4.74 Å². The van der Waals surface area contributed by atoms with Crippen molar-refractivity contribution in [2.45, 2.75) is 13.0 Å². The molecule has 2 N–H and O–H groups in total. The van der Waals surface area contributed by atoms with Crippen molar-refractivity contribution >= 4 is 23.3 Å². The number of hydrogen-bond acceptors (Lipinski definition) is 5. The van der Waals surface area contributed by atoms with Gasteiger partial charge in [-0.2, -0.15) is 4.99 Å².